The molecule has 0 unspecified atom stereocenters. The molecule has 29 heavy (non-hydrogen) atoms. The van der Waals surface area contributed by atoms with Gasteiger partial charge in [0.2, 0.25) is 0 Å². The van der Waals surface area contributed by atoms with Gasteiger partial charge in [-0.15, -0.1) is 0 Å². The molecule has 152 valence electrons. The Balaban J connectivity index is 1.39. The first-order valence-corrected chi connectivity index (χ1v) is 11.3. The van der Waals surface area contributed by atoms with Crippen molar-refractivity contribution >= 4 is 44.3 Å². The van der Waals surface area contributed by atoms with E-state index in [1.807, 2.05) is 4.90 Å². The number of benzene rings is 1. The molecule has 7 heteroatoms. The van der Waals surface area contributed by atoms with E-state index in [4.69, 9.17) is 4.98 Å². The highest BCUT2D eigenvalue weighted by atomic mass is 79.9. The first-order chi connectivity index (χ1) is 14.2. The number of carbonyl (C=O) groups is 1. The van der Waals surface area contributed by atoms with E-state index in [0.717, 1.165) is 72.3 Å². The van der Waals surface area contributed by atoms with Gasteiger partial charge >= 0.3 is 6.03 Å². The zero-order valence-corrected chi connectivity index (χ0v) is 18.1. The Morgan fingerprint density at radius 2 is 1.90 bits per heavy atom. The third-order valence-electron chi connectivity index (χ3n) is 6.17. The van der Waals surface area contributed by atoms with E-state index in [1.165, 1.54) is 12.8 Å². The van der Waals surface area contributed by atoms with Gasteiger partial charge in [0.05, 0.1) is 16.6 Å². The first-order valence-electron chi connectivity index (χ1n) is 10.6. The average molecular weight is 456 g/mol. The van der Waals surface area contributed by atoms with Gasteiger partial charge < -0.3 is 19.5 Å². The smallest absolute Gasteiger partial charge is 0.317 e. The summed E-state index contributed by atoms with van der Waals surface area (Å²) < 4.78 is 3.24. The maximum Gasteiger partial charge on any atom is 0.317 e. The summed E-state index contributed by atoms with van der Waals surface area (Å²) in [7, 11) is 0. The third-order valence-corrected chi connectivity index (χ3v) is 6.66. The average Bonchev–Trinajstić information content (AvgIpc) is 3.34. The summed E-state index contributed by atoms with van der Waals surface area (Å²) in [5.41, 5.74) is 3.19. The SMILES string of the molecule is O=C(NC1CCCC1)N1CCCN(c2nc3cc(Br)ccc3n3cccc23)CC1. The van der Waals surface area contributed by atoms with Crippen LogP contribution in [0.5, 0.6) is 0 Å². The van der Waals surface area contributed by atoms with Gasteiger partial charge in [-0.2, -0.15) is 0 Å². The predicted octanol–water partition coefficient (Wildman–Crippen LogP) is 4.41. The second-order valence-corrected chi connectivity index (χ2v) is 9.01. The Kier molecular flexibility index (Phi) is 5.08. The Bertz CT molecular complexity index is 1040. The lowest BCUT2D eigenvalue weighted by molar-refractivity contribution is 0.197. The fourth-order valence-electron chi connectivity index (χ4n) is 4.64. The van der Waals surface area contributed by atoms with Crippen LogP contribution in [-0.2, 0) is 0 Å². The number of amides is 2. The van der Waals surface area contributed by atoms with Crippen molar-refractivity contribution in [1.29, 1.82) is 0 Å². The summed E-state index contributed by atoms with van der Waals surface area (Å²) in [5, 5.41) is 3.23. The Hall–Kier alpha value is -2.28. The van der Waals surface area contributed by atoms with Crippen molar-refractivity contribution in [2.75, 3.05) is 31.1 Å². The van der Waals surface area contributed by atoms with E-state index in [1.54, 1.807) is 0 Å². The Morgan fingerprint density at radius 1 is 1.03 bits per heavy atom. The van der Waals surface area contributed by atoms with Crippen LogP contribution in [0.3, 0.4) is 0 Å². The molecule has 6 nitrogen and oxygen atoms in total. The minimum absolute atomic E-state index is 0.0991. The normalized spacial score (nSPS) is 18.5. The van der Waals surface area contributed by atoms with Crippen LogP contribution < -0.4 is 10.2 Å². The molecule has 1 aromatic carbocycles. The van der Waals surface area contributed by atoms with Crippen molar-refractivity contribution in [3.63, 3.8) is 0 Å². The van der Waals surface area contributed by atoms with Crippen molar-refractivity contribution in [1.82, 2.24) is 19.6 Å². The minimum atomic E-state index is 0.0991. The summed E-state index contributed by atoms with van der Waals surface area (Å²) in [5.74, 6) is 0.999. The van der Waals surface area contributed by atoms with Crippen molar-refractivity contribution < 1.29 is 4.79 Å². The molecule has 1 N–H and O–H groups in total. The van der Waals surface area contributed by atoms with Gasteiger partial charge in [-0.05, 0) is 49.6 Å². The molecular formula is C22H26BrN5O. The minimum Gasteiger partial charge on any atom is -0.353 e. The number of hydrogen-bond acceptors (Lipinski definition) is 3. The van der Waals surface area contributed by atoms with Gasteiger partial charge in [0.15, 0.2) is 5.82 Å². The highest BCUT2D eigenvalue weighted by Gasteiger charge is 2.24. The van der Waals surface area contributed by atoms with Crippen LogP contribution in [0.4, 0.5) is 10.6 Å². The summed E-state index contributed by atoms with van der Waals surface area (Å²) in [6.45, 7) is 3.22. The largest absolute Gasteiger partial charge is 0.353 e. The summed E-state index contributed by atoms with van der Waals surface area (Å²) >= 11 is 3.57. The first kappa shape index (κ1) is 18.7. The van der Waals surface area contributed by atoms with Crippen molar-refractivity contribution in [3.8, 4) is 0 Å². The number of nitrogens with zero attached hydrogens (tertiary/aromatic N) is 4. The molecule has 1 aliphatic heterocycles. The molecule has 0 bridgehead atoms. The quantitative estimate of drug-likeness (QED) is 0.622. The van der Waals surface area contributed by atoms with Crippen LogP contribution in [-0.4, -0.2) is 52.5 Å². The van der Waals surface area contributed by atoms with Gasteiger partial charge in [-0.1, -0.05) is 28.8 Å². The summed E-state index contributed by atoms with van der Waals surface area (Å²) in [6.07, 6.45) is 7.74. The summed E-state index contributed by atoms with van der Waals surface area (Å²) in [6, 6.07) is 10.9. The van der Waals surface area contributed by atoms with E-state index in [-0.39, 0.29) is 6.03 Å². The lowest BCUT2D eigenvalue weighted by atomic mass is 10.2. The number of aromatic nitrogens is 2. The molecule has 0 spiro atoms. The molecule has 2 fully saturated rings. The maximum atomic E-state index is 12.7. The molecule has 1 aliphatic carbocycles. The lowest BCUT2D eigenvalue weighted by Gasteiger charge is -2.25. The monoisotopic (exact) mass is 455 g/mol. The highest BCUT2D eigenvalue weighted by molar-refractivity contribution is 9.10. The van der Waals surface area contributed by atoms with Gasteiger partial charge in [0, 0.05) is 42.9 Å². The summed E-state index contributed by atoms with van der Waals surface area (Å²) in [4.78, 5) is 22.0. The number of carbonyl (C=O) groups excluding carboxylic acids is 1. The van der Waals surface area contributed by atoms with Gasteiger partial charge in [-0.3, -0.25) is 0 Å². The number of halogens is 1. The maximum absolute atomic E-state index is 12.7. The van der Waals surface area contributed by atoms with Crippen LogP contribution >= 0.6 is 15.9 Å². The molecule has 2 amide bonds. The van der Waals surface area contributed by atoms with Crippen molar-refractivity contribution in [2.45, 2.75) is 38.1 Å². The lowest BCUT2D eigenvalue weighted by Crippen LogP contribution is -2.45. The molecule has 3 heterocycles. The zero-order chi connectivity index (χ0) is 19.8. The molecule has 5 rings (SSSR count). The highest BCUT2D eigenvalue weighted by Crippen LogP contribution is 2.28. The zero-order valence-electron chi connectivity index (χ0n) is 16.5. The second kappa shape index (κ2) is 7.86. The fraction of sp³-hybridized carbons (Fsp3) is 0.455. The fourth-order valence-corrected chi connectivity index (χ4v) is 4.98. The molecule has 1 saturated heterocycles. The van der Waals surface area contributed by atoms with Crippen LogP contribution in [0, 0.1) is 0 Å². The van der Waals surface area contributed by atoms with Gasteiger partial charge in [0.25, 0.3) is 0 Å². The second-order valence-electron chi connectivity index (χ2n) is 8.09. The molecule has 1 saturated carbocycles. The number of hydrogen-bond donors (Lipinski definition) is 1. The molecule has 0 atom stereocenters. The van der Waals surface area contributed by atoms with Crippen LogP contribution in [0.25, 0.3) is 16.6 Å². The number of nitrogens with one attached hydrogen (secondary N) is 1. The number of anilines is 1. The van der Waals surface area contributed by atoms with Gasteiger partial charge in [0.1, 0.15) is 0 Å². The van der Waals surface area contributed by atoms with Gasteiger partial charge in [-0.25, -0.2) is 9.78 Å². The van der Waals surface area contributed by atoms with E-state index in [9.17, 15) is 4.79 Å². The van der Waals surface area contributed by atoms with E-state index in [2.05, 4.69) is 67.1 Å². The molecule has 2 aromatic heterocycles. The van der Waals surface area contributed by atoms with Crippen molar-refractivity contribution in [2.24, 2.45) is 0 Å². The van der Waals surface area contributed by atoms with E-state index >= 15 is 0 Å². The number of urea groups is 1. The predicted molar refractivity (Wildman–Crippen MR) is 120 cm³/mol. The number of rotatable bonds is 2. The van der Waals surface area contributed by atoms with Crippen LogP contribution in [0.1, 0.15) is 32.1 Å². The van der Waals surface area contributed by atoms with E-state index < -0.39 is 0 Å². The molecule has 2 aliphatic rings. The number of fused-ring (bicyclic) bond motifs is 3. The van der Waals surface area contributed by atoms with E-state index in [0.29, 0.717) is 6.04 Å². The standard InChI is InChI=1S/C22H26BrN5O/c23-16-8-9-19-18(15-16)25-21(20-7-3-12-28(19)20)26-10-4-11-27(14-13-26)22(29)24-17-5-1-2-6-17/h3,7-9,12,15,17H,1-2,4-6,10-11,13-14H2,(H,24,29). The Labute approximate surface area is 179 Å². The van der Waals surface area contributed by atoms with Crippen molar-refractivity contribution in [3.05, 3.63) is 41.0 Å². The molecular weight excluding hydrogens is 430 g/mol. The Morgan fingerprint density at radius 3 is 2.76 bits per heavy atom. The van der Waals surface area contributed by atoms with Crippen LogP contribution in [0.15, 0.2) is 41.0 Å². The topological polar surface area (TPSA) is 52.9 Å². The molecule has 0 radical (unpaired) electrons. The molecule has 3 aromatic rings. The third kappa shape index (κ3) is 3.68. The van der Waals surface area contributed by atoms with Crippen LogP contribution in [0.2, 0.25) is 0 Å².